The van der Waals surface area contributed by atoms with Gasteiger partial charge in [0.25, 0.3) is 0 Å². The van der Waals surface area contributed by atoms with E-state index in [2.05, 4.69) is 5.32 Å². The van der Waals surface area contributed by atoms with Crippen molar-refractivity contribution >= 4 is 17.7 Å². The number of ether oxygens (including phenoxy) is 5. The highest BCUT2D eigenvalue weighted by Gasteiger charge is 2.52. The van der Waals surface area contributed by atoms with E-state index in [0.717, 1.165) is 31.7 Å². The molecule has 0 spiro atoms. The van der Waals surface area contributed by atoms with Crippen molar-refractivity contribution in [1.29, 1.82) is 5.26 Å². The Hall–Kier alpha value is -3.95. The fraction of sp³-hybridized carbons (Fsp3) is 0.412. The number of rotatable bonds is 12. The monoisotopic (exact) mass is 656 g/mol. The van der Waals surface area contributed by atoms with Crippen LogP contribution in [-0.2, 0) is 19.8 Å². The second-order valence-corrected chi connectivity index (χ2v) is 11.4. The number of aliphatic hydroxyl groups is 1. The molecule has 2 heterocycles. The van der Waals surface area contributed by atoms with Gasteiger partial charge in [0.05, 0.1) is 36.4 Å². The number of nitrogens with one attached hydrogen (secondary N) is 1. The number of nitriles is 1. The van der Waals surface area contributed by atoms with Gasteiger partial charge in [0.15, 0.2) is 23.5 Å². The van der Waals surface area contributed by atoms with Gasteiger partial charge in [-0.3, -0.25) is 0 Å². The van der Waals surface area contributed by atoms with Crippen LogP contribution in [-0.4, -0.2) is 50.5 Å². The number of carbonyl (C=O) groups is 1. The molecule has 2 aliphatic rings. The lowest BCUT2D eigenvalue weighted by atomic mass is 9.83. The lowest BCUT2D eigenvalue weighted by Gasteiger charge is -2.32. The molecular formula is C34H35ClF2N2O7. The molecule has 0 radical (unpaired) electrons. The summed E-state index contributed by atoms with van der Waals surface area (Å²) in [6, 6.07) is 14.1. The predicted octanol–water partition coefficient (Wildman–Crippen LogP) is 6.93. The summed E-state index contributed by atoms with van der Waals surface area (Å²) in [5.74, 6) is -2.31. The highest BCUT2D eigenvalue weighted by Crippen LogP contribution is 2.55. The first kappa shape index (κ1) is 33.4. The van der Waals surface area contributed by atoms with E-state index in [1.165, 1.54) is 12.1 Å². The molecule has 1 saturated heterocycles. The van der Waals surface area contributed by atoms with Crippen LogP contribution in [0, 0.1) is 23.0 Å². The van der Waals surface area contributed by atoms with Crippen LogP contribution in [0.4, 0.5) is 13.6 Å². The number of halogens is 3. The van der Waals surface area contributed by atoms with Crippen LogP contribution in [0.3, 0.4) is 0 Å². The van der Waals surface area contributed by atoms with E-state index < -0.39 is 34.5 Å². The minimum atomic E-state index is -1.69. The lowest BCUT2D eigenvalue weighted by Crippen LogP contribution is -2.46. The van der Waals surface area contributed by atoms with Crippen molar-refractivity contribution in [2.45, 2.75) is 57.0 Å². The second-order valence-electron chi connectivity index (χ2n) is 11.0. The van der Waals surface area contributed by atoms with E-state index >= 15 is 8.78 Å². The molecule has 0 bridgehead atoms. The summed E-state index contributed by atoms with van der Waals surface area (Å²) >= 11 is 6.50. The summed E-state index contributed by atoms with van der Waals surface area (Å²) in [5, 5.41) is 24.1. The Morgan fingerprint density at radius 1 is 1.15 bits per heavy atom. The largest absolute Gasteiger partial charge is 0.488 e. The molecule has 12 heteroatoms. The standard InChI is InChI=1S/C34H35ClF2N2O7/c1-2-3-14-45-33(41)39-20-34(22-9-5-4-6-10-22)32(40)28-25(46-34)18-23(36)30(35)29(28)27-21(19-38)12-13-24(31(27)37)42-16-17-44-26-11-7-8-15-43-26/h4-6,9-10,12-13,18,26,32,40H,2-3,7-8,11,14-17,20H2,1H3,(H,39,41)/t26?,32-,34+/m0/s1. The smallest absolute Gasteiger partial charge is 0.407 e. The first-order valence-corrected chi connectivity index (χ1v) is 15.6. The zero-order chi connectivity index (χ0) is 32.7. The number of fused-ring (bicyclic) bond motifs is 1. The molecule has 1 unspecified atom stereocenters. The number of carbonyl (C=O) groups excluding carboxylic acids is 1. The Morgan fingerprint density at radius 3 is 2.67 bits per heavy atom. The normalized spacial score (nSPS) is 20.3. The van der Waals surface area contributed by atoms with Crippen LogP contribution >= 0.6 is 11.6 Å². The van der Waals surface area contributed by atoms with Gasteiger partial charge in [0, 0.05) is 34.9 Å². The molecule has 3 aromatic carbocycles. The van der Waals surface area contributed by atoms with Crippen molar-refractivity contribution in [3.05, 3.63) is 81.9 Å². The molecule has 2 N–H and O–H groups in total. The SMILES string of the molecule is CCCCOC(=O)NC[C@]1(c2ccccc2)Oc2cc(F)c(Cl)c(-c3c(C#N)ccc(OCCOC4CCCCO4)c3F)c2[C@@H]1O. The van der Waals surface area contributed by atoms with E-state index in [4.69, 9.17) is 35.3 Å². The van der Waals surface area contributed by atoms with E-state index in [9.17, 15) is 15.2 Å². The number of hydrogen-bond donors (Lipinski definition) is 2. The molecule has 3 atom stereocenters. The second kappa shape index (κ2) is 15.1. The Kier molecular flexibility index (Phi) is 11.0. The molecule has 0 aliphatic carbocycles. The Labute approximate surface area is 270 Å². The van der Waals surface area contributed by atoms with Crippen molar-refractivity contribution in [1.82, 2.24) is 5.32 Å². The van der Waals surface area contributed by atoms with Gasteiger partial charge >= 0.3 is 6.09 Å². The van der Waals surface area contributed by atoms with Crippen molar-refractivity contribution in [2.75, 3.05) is 33.0 Å². The van der Waals surface area contributed by atoms with Gasteiger partial charge in [-0.05, 0) is 37.8 Å². The van der Waals surface area contributed by atoms with Crippen LogP contribution in [0.25, 0.3) is 11.1 Å². The van der Waals surface area contributed by atoms with Crippen molar-refractivity contribution in [2.24, 2.45) is 0 Å². The van der Waals surface area contributed by atoms with Gasteiger partial charge in [0.1, 0.15) is 24.3 Å². The quantitative estimate of drug-likeness (QED) is 0.202. The van der Waals surface area contributed by atoms with Crippen LogP contribution in [0.2, 0.25) is 5.02 Å². The van der Waals surface area contributed by atoms with E-state index in [1.807, 2.05) is 13.0 Å². The van der Waals surface area contributed by atoms with Gasteiger partial charge < -0.3 is 34.1 Å². The minimum Gasteiger partial charge on any atom is -0.488 e. The fourth-order valence-electron chi connectivity index (χ4n) is 5.62. The number of unbranched alkanes of at least 4 members (excludes halogenated alkanes) is 1. The van der Waals surface area contributed by atoms with E-state index in [-0.39, 0.29) is 66.4 Å². The highest BCUT2D eigenvalue weighted by molar-refractivity contribution is 6.34. The minimum absolute atomic E-state index is 0.0278. The fourth-order valence-corrected chi connectivity index (χ4v) is 5.87. The van der Waals surface area contributed by atoms with Crippen molar-refractivity contribution in [3.63, 3.8) is 0 Å². The molecule has 9 nitrogen and oxygen atoms in total. The van der Waals surface area contributed by atoms with Crippen LogP contribution in [0.5, 0.6) is 11.5 Å². The highest BCUT2D eigenvalue weighted by atomic mass is 35.5. The predicted molar refractivity (Wildman–Crippen MR) is 165 cm³/mol. The lowest BCUT2D eigenvalue weighted by molar-refractivity contribution is -0.165. The summed E-state index contributed by atoms with van der Waals surface area (Å²) in [6.45, 7) is 2.56. The summed E-state index contributed by atoms with van der Waals surface area (Å²) in [6.07, 6.45) is 1.50. The molecule has 1 fully saturated rings. The van der Waals surface area contributed by atoms with Crippen molar-refractivity contribution in [3.8, 4) is 28.7 Å². The third-order valence-corrected chi connectivity index (χ3v) is 8.35. The average molecular weight is 657 g/mol. The number of benzene rings is 3. The Bertz CT molecular complexity index is 1580. The van der Waals surface area contributed by atoms with Crippen LogP contribution in [0.15, 0.2) is 48.5 Å². The van der Waals surface area contributed by atoms with Gasteiger partial charge in [-0.1, -0.05) is 55.3 Å². The van der Waals surface area contributed by atoms with Crippen molar-refractivity contribution < 1.29 is 42.4 Å². The summed E-state index contributed by atoms with van der Waals surface area (Å²) in [7, 11) is 0. The zero-order valence-corrected chi connectivity index (χ0v) is 26.1. The maximum atomic E-state index is 16.3. The van der Waals surface area contributed by atoms with Gasteiger partial charge in [-0.25, -0.2) is 13.6 Å². The summed E-state index contributed by atoms with van der Waals surface area (Å²) in [5.41, 5.74) is -2.10. The maximum Gasteiger partial charge on any atom is 0.407 e. The molecular weight excluding hydrogens is 622 g/mol. The number of alkyl carbamates (subject to hydrolysis) is 1. The average Bonchev–Trinajstić information content (AvgIpc) is 3.35. The molecule has 244 valence electrons. The number of amides is 1. The number of aliphatic hydroxyl groups excluding tert-OH is 1. The molecule has 46 heavy (non-hydrogen) atoms. The van der Waals surface area contributed by atoms with Gasteiger partial charge in [-0.2, -0.15) is 5.26 Å². The topological polar surface area (TPSA) is 119 Å². The first-order valence-electron chi connectivity index (χ1n) is 15.2. The molecule has 2 aliphatic heterocycles. The van der Waals surface area contributed by atoms with Crippen LogP contribution in [0.1, 0.15) is 61.8 Å². The maximum absolute atomic E-state index is 16.3. The van der Waals surface area contributed by atoms with Gasteiger partial charge in [0.2, 0.25) is 0 Å². The number of hydrogen-bond acceptors (Lipinski definition) is 8. The third-order valence-electron chi connectivity index (χ3n) is 7.98. The Balaban J connectivity index is 1.51. The Morgan fingerprint density at radius 2 is 1.96 bits per heavy atom. The molecule has 1 amide bonds. The molecule has 0 saturated carbocycles. The summed E-state index contributed by atoms with van der Waals surface area (Å²) < 4.78 is 60.1. The third kappa shape index (κ3) is 6.90. The van der Waals surface area contributed by atoms with E-state index in [0.29, 0.717) is 18.6 Å². The van der Waals surface area contributed by atoms with Gasteiger partial charge in [-0.15, -0.1) is 0 Å². The molecule has 0 aromatic heterocycles. The first-order chi connectivity index (χ1) is 22.3. The van der Waals surface area contributed by atoms with Crippen LogP contribution < -0.4 is 14.8 Å². The number of nitrogens with zero attached hydrogens (tertiary/aromatic N) is 1. The molecule has 5 rings (SSSR count). The van der Waals surface area contributed by atoms with E-state index in [1.54, 1.807) is 30.3 Å². The summed E-state index contributed by atoms with van der Waals surface area (Å²) in [4.78, 5) is 12.5. The zero-order valence-electron chi connectivity index (χ0n) is 25.3. The molecule has 3 aromatic rings.